The van der Waals surface area contributed by atoms with Crippen molar-refractivity contribution in [3.8, 4) is 0 Å². The van der Waals surface area contributed by atoms with Crippen LogP contribution in [0.25, 0.3) is 11.0 Å². The summed E-state index contributed by atoms with van der Waals surface area (Å²) in [6.07, 6.45) is 4.80. The lowest BCUT2D eigenvalue weighted by atomic mass is 9.99. The van der Waals surface area contributed by atoms with Crippen LogP contribution >= 0.6 is 0 Å². The summed E-state index contributed by atoms with van der Waals surface area (Å²) in [6, 6.07) is 17.0. The second-order valence-corrected chi connectivity index (χ2v) is 10.7. The van der Waals surface area contributed by atoms with E-state index in [4.69, 9.17) is 4.42 Å². The van der Waals surface area contributed by atoms with Gasteiger partial charge in [-0.25, -0.2) is 4.21 Å². The van der Waals surface area contributed by atoms with Crippen LogP contribution in [0.1, 0.15) is 54.0 Å². The quantitative estimate of drug-likeness (QED) is 0.249. The molecule has 33 heavy (non-hydrogen) atoms. The Balaban J connectivity index is 1.74. The summed E-state index contributed by atoms with van der Waals surface area (Å²) in [6.45, 7) is 10.7. The molecule has 1 aliphatic rings. The molecule has 3 aromatic carbocycles. The molecule has 1 aromatic heterocycles. The van der Waals surface area contributed by atoms with Crippen LogP contribution in [0.3, 0.4) is 0 Å². The Bertz CT molecular complexity index is 1380. The first-order chi connectivity index (χ1) is 15.9. The van der Waals surface area contributed by atoms with Gasteiger partial charge in [0.15, 0.2) is 0 Å². The van der Waals surface area contributed by atoms with Crippen LogP contribution < -0.4 is 4.90 Å². The Labute approximate surface area is 198 Å². The Morgan fingerprint density at radius 3 is 2.30 bits per heavy atom. The van der Waals surface area contributed by atoms with Gasteiger partial charge in [-0.1, -0.05) is 49.6 Å². The molecule has 3 nitrogen and oxygen atoms in total. The molecule has 4 heteroatoms. The van der Waals surface area contributed by atoms with E-state index in [-0.39, 0.29) is 0 Å². The Morgan fingerprint density at radius 2 is 1.58 bits per heavy atom. The standard InChI is InChI=1S/C29H31NO2S/c1-6-7-8-9-22-16-20(4)27(21(5)17-22)30-24-12-10-19(3)15-26(24)33(31)28-23-14-18(2)11-13-25(23)32-29(28)30/h10-17H,6-9H2,1-5H3. The van der Waals surface area contributed by atoms with E-state index in [1.807, 2.05) is 12.1 Å². The third-order valence-electron chi connectivity index (χ3n) is 6.57. The molecule has 0 bridgehead atoms. The van der Waals surface area contributed by atoms with E-state index in [0.717, 1.165) is 49.7 Å². The molecule has 0 saturated carbocycles. The predicted octanol–water partition coefficient (Wildman–Crippen LogP) is 8.35. The van der Waals surface area contributed by atoms with Gasteiger partial charge in [-0.3, -0.25) is 4.90 Å². The molecular formula is C29H31NO2S. The van der Waals surface area contributed by atoms with Crippen molar-refractivity contribution >= 4 is 39.0 Å². The van der Waals surface area contributed by atoms with Crippen LogP contribution in [0.5, 0.6) is 0 Å². The fraction of sp³-hybridized carbons (Fsp3) is 0.310. The lowest BCUT2D eigenvalue weighted by molar-refractivity contribution is 0.607. The van der Waals surface area contributed by atoms with E-state index in [9.17, 15) is 4.21 Å². The molecule has 0 fully saturated rings. The molecule has 1 atom stereocenters. The Kier molecular flexibility index (Phi) is 5.65. The van der Waals surface area contributed by atoms with Gasteiger partial charge in [0, 0.05) is 5.39 Å². The minimum absolute atomic E-state index is 0.676. The summed E-state index contributed by atoms with van der Waals surface area (Å²) in [5.41, 5.74) is 8.88. The van der Waals surface area contributed by atoms with Crippen LogP contribution in [0.4, 0.5) is 17.3 Å². The maximum atomic E-state index is 13.8. The second-order valence-electron chi connectivity index (χ2n) is 9.35. The van der Waals surface area contributed by atoms with Crippen molar-refractivity contribution in [1.82, 2.24) is 0 Å². The number of furan rings is 1. The highest BCUT2D eigenvalue weighted by molar-refractivity contribution is 7.85. The van der Waals surface area contributed by atoms with E-state index < -0.39 is 10.8 Å². The summed E-state index contributed by atoms with van der Waals surface area (Å²) < 4.78 is 20.2. The molecule has 0 N–H and O–H groups in total. The highest BCUT2D eigenvalue weighted by Crippen LogP contribution is 2.52. The zero-order valence-corrected chi connectivity index (χ0v) is 20.9. The van der Waals surface area contributed by atoms with Crippen LogP contribution in [0.15, 0.2) is 62.7 Å². The van der Waals surface area contributed by atoms with Gasteiger partial charge in [-0.05, 0) is 87.1 Å². The predicted molar refractivity (Wildman–Crippen MR) is 138 cm³/mol. The zero-order valence-electron chi connectivity index (χ0n) is 20.1. The topological polar surface area (TPSA) is 33.5 Å². The summed E-state index contributed by atoms with van der Waals surface area (Å²) in [5, 5.41) is 0.937. The number of nitrogens with zero attached hydrogens (tertiary/aromatic N) is 1. The maximum Gasteiger partial charge on any atom is 0.222 e. The van der Waals surface area contributed by atoms with Gasteiger partial charge in [0.05, 0.1) is 27.1 Å². The number of anilines is 3. The maximum absolute atomic E-state index is 13.8. The molecule has 0 spiro atoms. The van der Waals surface area contributed by atoms with Crippen LogP contribution in [0.2, 0.25) is 0 Å². The molecule has 4 aromatic rings. The number of fused-ring (bicyclic) bond motifs is 4. The minimum Gasteiger partial charge on any atom is -0.438 e. The summed E-state index contributed by atoms with van der Waals surface area (Å²) >= 11 is 0. The van der Waals surface area contributed by atoms with E-state index in [1.165, 1.54) is 36.0 Å². The van der Waals surface area contributed by atoms with Crippen molar-refractivity contribution in [2.24, 2.45) is 0 Å². The molecule has 0 aliphatic carbocycles. The molecule has 0 radical (unpaired) electrons. The molecule has 0 amide bonds. The molecule has 0 saturated heterocycles. The summed E-state index contributed by atoms with van der Waals surface area (Å²) in [5.74, 6) is 0.676. The first-order valence-electron chi connectivity index (χ1n) is 11.8. The van der Waals surface area contributed by atoms with E-state index >= 15 is 0 Å². The molecular weight excluding hydrogens is 426 g/mol. The van der Waals surface area contributed by atoms with Crippen molar-refractivity contribution in [3.05, 3.63) is 76.3 Å². The van der Waals surface area contributed by atoms with Crippen molar-refractivity contribution in [3.63, 3.8) is 0 Å². The Hall–Kier alpha value is -2.85. The summed E-state index contributed by atoms with van der Waals surface area (Å²) in [7, 11) is -1.31. The average molecular weight is 458 g/mol. The zero-order chi connectivity index (χ0) is 23.3. The van der Waals surface area contributed by atoms with E-state index in [2.05, 4.69) is 75.9 Å². The number of aryl methyl sites for hydroxylation is 5. The third-order valence-corrected chi connectivity index (χ3v) is 8.06. The second kappa shape index (κ2) is 8.49. The summed E-state index contributed by atoms with van der Waals surface area (Å²) in [4.78, 5) is 3.82. The molecule has 5 rings (SSSR count). The lowest BCUT2D eigenvalue weighted by Crippen LogP contribution is -2.20. The fourth-order valence-corrected chi connectivity index (χ4v) is 6.53. The van der Waals surface area contributed by atoms with Crippen molar-refractivity contribution in [2.75, 3.05) is 4.90 Å². The monoisotopic (exact) mass is 457 g/mol. The van der Waals surface area contributed by atoms with Crippen LogP contribution in [-0.2, 0) is 17.2 Å². The van der Waals surface area contributed by atoms with Gasteiger partial charge in [0.25, 0.3) is 0 Å². The molecule has 2 heterocycles. The number of hydrogen-bond acceptors (Lipinski definition) is 3. The minimum atomic E-state index is -1.31. The highest BCUT2D eigenvalue weighted by atomic mass is 32.2. The number of rotatable bonds is 5. The van der Waals surface area contributed by atoms with Gasteiger partial charge in [-0.15, -0.1) is 0 Å². The SMILES string of the molecule is CCCCCc1cc(C)c(N2c3ccc(C)cc3S(=O)c3c2oc2ccc(C)cc32)c(C)c1. The number of unbranched alkanes of at least 4 members (excludes halogenated alkanes) is 2. The van der Waals surface area contributed by atoms with Crippen molar-refractivity contribution < 1.29 is 8.63 Å². The molecule has 1 unspecified atom stereocenters. The fourth-order valence-electron chi connectivity index (χ4n) is 5.02. The number of benzene rings is 3. The lowest BCUT2D eigenvalue weighted by Gasteiger charge is -2.32. The van der Waals surface area contributed by atoms with Gasteiger partial charge in [0.2, 0.25) is 5.88 Å². The molecule has 170 valence electrons. The van der Waals surface area contributed by atoms with E-state index in [0.29, 0.717) is 5.88 Å². The first kappa shape index (κ1) is 22.0. The van der Waals surface area contributed by atoms with Crippen molar-refractivity contribution in [1.29, 1.82) is 0 Å². The van der Waals surface area contributed by atoms with Crippen molar-refractivity contribution in [2.45, 2.75) is 70.1 Å². The third kappa shape index (κ3) is 3.71. The Morgan fingerprint density at radius 1 is 0.879 bits per heavy atom. The van der Waals surface area contributed by atoms with Gasteiger partial charge in [0.1, 0.15) is 10.5 Å². The van der Waals surface area contributed by atoms with Crippen LogP contribution in [-0.4, -0.2) is 4.21 Å². The van der Waals surface area contributed by atoms with Gasteiger partial charge < -0.3 is 4.42 Å². The largest absolute Gasteiger partial charge is 0.438 e. The van der Waals surface area contributed by atoms with Gasteiger partial charge >= 0.3 is 0 Å². The van der Waals surface area contributed by atoms with Gasteiger partial charge in [-0.2, -0.15) is 0 Å². The highest BCUT2D eigenvalue weighted by Gasteiger charge is 2.36. The average Bonchev–Trinajstić information content (AvgIpc) is 3.14. The number of hydrogen-bond donors (Lipinski definition) is 0. The molecule has 1 aliphatic heterocycles. The first-order valence-corrected chi connectivity index (χ1v) is 13.0. The van der Waals surface area contributed by atoms with E-state index in [1.54, 1.807) is 0 Å². The normalized spacial score (nSPS) is 15.1. The smallest absolute Gasteiger partial charge is 0.222 e. The van der Waals surface area contributed by atoms with Crippen LogP contribution in [0, 0.1) is 27.7 Å².